The zero-order valence-electron chi connectivity index (χ0n) is 30.7. The molecule has 262 valence electrons. The number of benzene rings is 8. The summed E-state index contributed by atoms with van der Waals surface area (Å²) < 4.78 is 12.8. The molecule has 0 unspecified atom stereocenters. The Balaban J connectivity index is 1.15. The molecule has 0 N–H and O–H groups in total. The number of para-hydroxylation sites is 2. The van der Waals surface area contributed by atoms with E-state index in [1.165, 1.54) is 55.6 Å². The number of hydrogen-bond donors (Lipinski definition) is 0. The summed E-state index contributed by atoms with van der Waals surface area (Å²) in [7, 11) is 0. The average molecular weight is 708 g/mol. The quantitative estimate of drug-likeness (QED) is 0.178. The molecule has 0 amide bonds. The molecule has 2 aliphatic carbocycles. The Hall–Kier alpha value is -6.84. The van der Waals surface area contributed by atoms with E-state index in [9.17, 15) is 0 Å². The summed E-state index contributed by atoms with van der Waals surface area (Å²) >= 11 is 0. The molecule has 8 aromatic carbocycles. The fourth-order valence-corrected chi connectivity index (χ4v) is 9.51. The van der Waals surface area contributed by atoms with Gasteiger partial charge in [0.1, 0.15) is 0 Å². The Bertz CT molecular complexity index is 2760. The molecular formula is C52H37NO2. The molecule has 55 heavy (non-hydrogen) atoms. The van der Waals surface area contributed by atoms with Gasteiger partial charge in [0.25, 0.3) is 0 Å². The third kappa shape index (κ3) is 4.56. The van der Waals surface area contributed by atoms with Gasteiger partial charge in [-0.3, -0.25) is 0 Å². The maximum Gasteiger partial charge on any atom is 0.172 e. The van der Waals surface area contributed by atoms with Gasteiger partial charge in [0, 0.05) is 22.9 Å². The molecule has 11 rings (SSSR count). The number of anilines is 3. The molecule has 3 heteroatoms. The molecule has 0 aromatic heterocycles. The van der Waals surface area contributed by atoms with Gasteiger partial charge in [0.2, 0.25) is 0 Å². The van der Waals surface area contributed by atoms with Crippen LogP contribution in [-0.2, 0) is 10.8 Å². The number of hydrogen-bond acceptors (Lipinski definition) is 3. The number of rotatable bonds is 5. The Labute approximate surface area is 321 Å². The van der Waals surface area contributed by atoms with Crippen LogP contribution in [0, 0.1) is 0 Å². The third-order valence-electron chi connectivity index (χ3n) is 12.0. The highest BCUT2D eigenvalue weighted by molar-refractivity contribution is 5.91. The summed E-state index contributed by atoms with van der Waals surface area (Å²) in [5.41, 5.74) is 15.3. The molecule has 3 nitrogen and oxygen atoms in total. The van der Waals surface area contributed by atoms with Crippen molar-refractivity contribution in [3.05, 3.63) is 221 Å². The molecule has 0 saturated carbocycles. The minimum absolute atomic E-state index is 0.153. The maximum atomic E-state index is 6.50. The van der Waals surface area contributed by atoms with E-state index < -0.39 is 5.41 Å². The highest BCUT2D eigenvalue weighted by atomic mass is 16.6. The molecule has 0 bridgehead atoms. The lowest BCUT2D eigenvalue weighted by Gasteiger charge is -2.35. The molecule has 0 spiro atoms. The Kier molecular flexibility index (Phi) is 6.81. The lowest BCUT2D eigenvalue weighted by Crippen LogP contribution is -2.28. The topological polar surface area (TPSA) is 21.7 Å². The summed E-state index contributed by atoms with van der Waals surface area (Å²) in [5.74, 6) is 2.81. The molecule has 8 aromatic rings. The van der Waals surface area contributed by atoms with Crippen LogP contribution in [-0.4, -0.2) is 0 Å². The van der Waals surface area contributed by atoms with Crippen molar-refractivity contribution in [1.29, 1.82) is 0 Å². The zero-order valence-corrected chi connectivity index (χ0v) is 30.7. The maximum absolute atomic E-state index is 6.50. The van der Waals surface area contributed by atoms with Crippen LogP contribution in [0.4, 0.5) is 17.1 Å². The fraction of sp³-hybridized carbons (Fsp3) is 0.0769. The van der Waals surface area contributed by atoms with Crippen molar-refractivity contribution >= 4 is 17.1 Å². The standard InChI is InChI=1S/C52H37NO2/c1-51(2)43-21-11-9-19-39(43)41-28-25-36(31-45(41)51)53(38-27-30-49-50(33-38)55-48-24-14-13-23-47(48)54-49)37-26-29-42-40-20-10-12-22-44(40)52(46(42)32-37,34-15-5-3-6-16-34)35-17-7-4-8-18-35/h3-33H,1-2H3. The number of nitrogens with zero attached hydrogens (tertiary/aromatic N) is 1. The highest BCUT2D eigenvalue weighted by Crippen LogP contribution is 2.58. The van der Waals surface area contributed by atoms with Crippen LogP contribution < -0.4 is 14.4 Å². The van der Waals surface area contributed by atoms with Crippen LogP contribution in [0.1, 0.15) is 47.2 Å². The van der Waals surface area contributed by atoms with Crippen LogP contribution in [0.2, 0.25) is 0 Å². The van der Waals surface area contributed by atoms with E-state index >= 15 is 0 Å². The van der Waals surface area contributed by atoms with Crippen molar-refractivity contribution in [2.24, 2.45) is 0 Å². The zero-order chi connectivity index (χ0) is 36.7. The first-order valence-corrected chi connectivity index (χ1v) is 19.0. The SMILES string of the molecule is CC1(C)c2ccccc2-c2ccc(N(c3ccc4c(c3)Oc3ccccc3O4)c3ccc4c(c3)C(c3ccccc3)(c3ccccc3)c3ccccc3-4)cc21. The van der Waals surface area contributed by atoms with Gasteiger partial charge in [0.15, 0.2) is 23.0 Å². The smallest absolute Gasteiger partial charge is 0.172 e. The fourth-order valence-electron chi connectivity index (χ4n) is 9.51. The van der Waals surface area contributed by atoms with Crippen LogP contribution in [0.15, 0.2) is 188 Å². The van der Waals surface area contributed by atoms with Gasteiger partial charge < -0.3 is 14.4 Å². The second-order valence-corrected chi connectivity index (χ2v) is 15.3. The van der Waals surface area contributed by atoms with Crippen molar-refractivity contribution in [1.82, 2.24) is 0 Å². The summed E-state index contributed by atoms with van der Waals surface area (Å²) in [6.07, 6.45) is 0. The van der Waals surface area contributed by atoms with Gasteiger partial charge in [0.05, 0.1) is 11.1 Å². The largest absolute Gasteiger partial charge is 0.450 e. The van der Waals surface area contributed by atoms with Gasteiger partial charge in [-0.15, -0.1) is 0 Å². The first-order valence-electron chi connectivity index (χ1n) is 19.0. The molecule has 1 aliphatic heterocycles. The highest BCUT2D eigenvalue weighted by Gasteiger charge is 2.46. The van der Waals surface area contributed by atoms with E-state index in [2.05, 4.69) is 176 Å². The van der Waals surface area contributed by atoms with Crippen molar-refractivity contribution in [3.8, 4) is 45.3 Å². The van der Waals surface area contributed by atoms with Gasteiger partial charge in [-0.05, 0) is 104 Å². The van der Waals surface area contributed by atoms with Crippen LogP contribution in [0.3, 0.4) is 0 Å². The van der Waals surface area contributed by atoms with Gasteiger partial charge in [-0.1, -0.05) is 147 Å². The van der Waals surface area contributed by atoms with E-state index in [-0.39, 0.29) is 5.41 Å². The van der Waals surface area contributed by atoms with Crippen molar-refractivity contribution < 1.29 is 9.47 Å². The molecule has 0 fully saturated rings. The first-order chi connectivity index (χ1) is 27.0. The second kappa shape index (κ2) is 11.8. The lowest BCUT2D eigenvalue weighted by molar-refractivity contribution is 0.360. The van der Waals surface area contributed by atoms with E-state index in [0.29, 0.717) is 17.2 Å². The minimum atomic E-state index is -0.520. The third-order valence-corrected chi connectivity index (χ3v) is 12.0. The molecule has 0 saturated heterocycles. The molecular weight excluding hydrogens is 671 g/mol. The minimum Gasteiger partial charge on any atom is -0.450 e. The van der Waals surface area contributed by atoms with Crippen molar-refractivity contribution in [2.45, 2.75) is 24.7 Å². The summed E-state index contributed by atoms with van der Waals surface area (Å²) in [5, 5.41) is 0. The predicted molar refractivity (Wildman–Crippen MR) is 223 cm³/mol. The molecule has 0 radical (unpaired) electrons. The van der Waals surface area contributed by atoms with Crippen LogP contribution >= 0.6 is 0 Å². The predicted octanol–water partition coefficient (Wildman–Crippen LogP) is 13.7. The summed E-state index contributed by atoms with van der Waals surface area (Å²) in [6.45, 7) is 4.68. The Morgan fingerprint density at radius 2 is 0.782 bits per heavy atom. The van der Waals surface area contributed by atoms with Crippen molar-refractivity contribution in [3.63, 3.8) is 0 Å². The molecule has 0 atom stereocenters. The monoisotopic (exact) mass is 707 g/mol. The van der Waals surface area contributed by atoms with Gasteiger partial charge >= 0.3 is 0 Å². The van der Waals surface area contributed by atoms with E-state index in [0.717, 1.165) is 22.8 Å². The summed E-state index contributed by atoms with van der Waals surface area (Å²) in [4.78, 5) is 2.38. The summed E-state index contributed by atoms with van der Waals surface area (Å²) in [6, 6.07) is 67.9. The first kappa shape index (κ1) is 31.7. The normalized spacial score (nSPS) is 14.6. The second-order valence-electron chi connectivity index (χ2n) is 15.3. The van der Waals surface area contributed by atoms with E-state index in [4.69, 9.17) is 9.47 Å². The average Bonchev–Trinajstić information content (AvgIpc) is 3.66. The number of fused-ring (bicyclic) bond motifs is 8. The van der Waals surface area contributed by atoms with Gasteiger partial charge in [-0.25, -0.2) is 0 Å². The van der Waals surface area contributed by atoms with Crippen LogP contribution in [0.25, 0.3) is 22.3 Å². The Morgan fingerprint density at radius 3 is 1.44 bits per heavy atom. The Morgan fingerprint density at radius 1 is 0.345 bits per heavy atom. The number of ether oxygens (including phenoxy) is 2. The van der Waals surface area contributed by atoms with Gasteiger partial charge in [-0.2, -0.15) is 0 Å². The lowest BCUT2D eigenvalue weighted by atomic mass is 9.67. The van der Waals surface area contributed by atoms with E-state index in [1.54, 1.807) is 0 Å². The van der Waals surface area contributed by atoms with Crippen LogP contribution in [0.5, 0.6) is 23.0 Å². The van der Waals surface area contributed by atoms with Crippen molar-refractivity contribution in [2.75, 3.05) is 4.90 Å². The molecule has 1 heterocycles. The van der Waals surface area contributed by atoms with E-state index in [1.807, 2.05) is 30.3 Å². The molecule has 3 aliphatic rings.